The van der Waals surface area contributed by atoms with Gasteiger partial charge in [-0.05, 0) is 62.3 Å². The normalized spacial score (nSPS) is 17.3. The van der Waals surface area contributed by atoms with Gasteiger partial charge in [0.1, 0.15) is 6.07 Å². The minimum Gasteiger partial charge on any atom is -0.383 e. The number of allylic oxidation sites excluding steroid dienone is 1. The molecule has 1 aromatic heterocycles. The molecule has 0 amide bonds. The van der Waals surface area contributed by atoms with E-state index in [2.05, 4.69) is 70.0 Å². The summed E-state index contributed by atoms with van der Waals surface area (Å²) in [7, 11) is 0. The first-order valence-corrected chi connectivity index (χ1v) is 13.5. The minimum atomic E-state index is -0.576. The number of halogens is 2. The Bertz CT molecular complexity index is 1390. The number of anilines is 2. The molecule has 8 nitrogen and oxygen atoms in total. The van der Waals surface area contributed by atoms with Crippen molar-refractivity contribution in [1.82, 2.24) is 21.0 Å². The first kappa shape index (κ1) is 28.4. The van der Waals surface area contributed by atoms with E-state index >= 15 is 0 Å². The van der Waals surface area contributed by atoms with Crippen molar-refractivity contribution in [2.45, 2.75) is 66.0 Å². The first-order valence-electron chi connectivity index (χ1n) is 13.1. The standard InChI is InChI=1S/C29H36ClFN8/c1-7-25(31)35-18(3)17(2)26(24-15-39(38-37-24)21-9-8-10-21)36-20-11-22-27(34-16-29(4,5)6)19(13-32)14-33-28(22)23(30)12-20/h7,11-12,14-15,21,26,36-38H,2,8-10,16H2,1,3-6H3,(H,33,34)/b25-7-,35-18-/t26-/m0/s1. The Kier molecular flexibility index (Phi) is 8.48. The summed E-state index contributed by atoms with van der Waals surface area (Å²) in [5.74, 6) is -0.576. The van der Waals surface area contributed by atoms with Gasteiger partial charge in [0, 0.05) is 41.8 Å². The fourth-order valence-electron chi connectivity index (χ4n) is 4.35. The third-order valence-corrected chi connectivity index (χ3v) is 7.15. The van der Waals surface area contributed by atoms with E-state index in [4.69, 9.17) is 11.6 Å². The van der Waals surface area contributed by atoms with Crippen molar-refractivity contribution in [2.75, 3.05) is 17.2 Å². The highest BCUT2D eigenvalue weighted by molar-refractivity contribution is 6.35. The van der Waals surface area contributed by atoms with Gasteiger partial charge < -0.3 is 16.1 Å². The number of nitriles is 1. The Labute approximate surface area is 234 Å². The number of benzene rings is 1. The molecule has 0 unspecified atom stereocenters. The number of pyridine rings is 1. The highest BCUT2D eigenvalue weighted by Crippen LogP contribution is 2.35. The summed E-state index contributed by atoms with van der Waals surface area (Å²) in [6, 6.07) is 5.90. The monoisotopic (exact) mass is 550 g/mol. The van der Waals surface area contributed by atoms with Crippen LogP contribution in [0.5, 0.6) is 0 Å². The summed E-state index contributed by atoms with van der Waals surface area (Å²) in [5.41, 5.74) is 10.7. The molecule has 2 heterocycles. The van der Waals surface area contributed by atoms with Crippen LogP contribution >= 0.6 is 11.6 Å². The van der Waals surface area contributed by atoms with Crippen molar-refractivity contribution in [3.8, 4) is 6.07 Å². The summed E-state index contributed by atoms with van der Waals surface area (Å²) >= 11 is 6.72. The molecule has 0 saturated heterocycles. The van der Waals surface area contributed by atoms with Gasteiger partial charge in [-0.25, -0.2) is 4.99 Å². The molecular formula is C29H36ClFN8. The van der Waals surface area contributed by atoms with Gasteiger partial charge >= 0.3 is 0 Å². The summed E-state index contributed by atoms with van der Waals surface area (Å²) in [5, 5.41) is 20.0. The molecule has 1 saturated carbocycles. The Morgan fingerprint density at radius 1 is 1.41 bits per heavy atom. The van der Waals surface area contributed by atoms with Crippen LogP contribution in [0.3, 0.4) is 0 Å². The zero-order valence-electron chi connectivity index (χ0n) is 23.1. The molecule has 0 bridgehead atoms. The van der Waals surface area contributed by atoms with Crippen LogP contribution in [0.15, 0.2) is 59.4 Å². The highest BCUT2D eigenvalue weighted by Gasteiger charge is 2.30. The van der Waals surface area contributed by atoms with E-state index in [9.17, 15) is 9.65 Å². The zero-order chi connectivity index (χ0) is 28.3. The second kappa shape index (κ2) is 11.6. The van der Waals surface area contributed by atoms with Gasteiger partial charge in [0.2, 0.25) is 5.95 Å². The number of nitrogens with one attached hydrogen (secondary N) is 4. The molecule has 1 aliphatic heterocycles. The number of aliphatic imine (C=N–C) groups is 1. The average Bonchev–Trinajstić information content (AvgIpc) is 3.32. The predicted molar refractivity (Wildman–Crippen MR) is 158 cm³/mol. The highest BCUT2D eigenvalue weighted by atomic mass is 35.5. The molecule has 2 aliphatic rings. The fraction of sp³-hybridized carbons (Fsp3) is 0.414. The van der Waals surface area contributed by atoms with Gasteiger partial charge in [0.25, 0.3) is 0 Å². The molecule has 1 atom stereocenters. The molecule has 4 rings (SSSR count). The topological polar surface area (TPSA) is 100 Å². The van der Waals surface area contributed by atoms with Crippen molar-refractivity contribution in [3.63, 3.8) is 0 Å². The molecule has 1 aliphatic carbocycles. The quantitative estimate of drug-likeness (QED) is 0.207. The maximum atomic E-state index is 14.0. The van der Waals surface area contributed by atoms with Crippen molar-refractivity contribution in [1.29, 1.82) is 5.26 Å². The van der Waals surface area contributed by atoms with Crippen LogP contribution in [-0.4, -0.2) is 34.3 Å². The summed E-state index contributed by atoms with van der Waals surface area (Å²) in [4.78, 5) is 8.52. The van der Waals surface area contributed by atoms with E-state index in [1.807, 2.05) is 12.3 Å². The number of hydrogen-bond donors (Lipinski definition) is 4. The molecule has 39 heavy (non-hydrogen) atoms. The van der Waals surface area contributed by atoms with Gasteiger partial charge in [0.15, 0.2) is 0 Å². The van der Waals surface area contributed by atoms with Crippen LogP contribution in [0.2, 0.25) is 5.02 Å². The molecule has 206 valence electrons. The van der Waals surface area contributed by atoms with Crippen LogP contribution in [0.4, 0.5) is 15.8 Å². The van der Waals surface area contributed by atoms with Crippen LogP contribution in [0.1, 0.15) is 59.4 Å². The third kappa shape index (κ3) is 6.52. The van der Waals surface area contributed by atoms with E-state index in [0.29, 0.717) is 51.3 Å². The molecular weight excluding hydrogens is 515 g/mol. The molecule has 4 N–H and O–H groups in total. The van der Waals surface area contributed by atoms with Crippen LogP contribution < -0.4 is 21.6 Å². The summed E-state index contributed by atoms with van der Waals surface area (Å²) in [6.07, 6.45) is 8.30. The summed E-state index contributed by atoms with van der Waals surface area (Å²) in [6.45, 7) is 14.6. The van der Waals surface area contributed by atoms with Gasteiger partial charge in [-0.2, -0.15) is 9.65 Å². The van der Waals surface area contributed by atoms with Gasteiger partial charge in [0.05, 0.1) is 33.5 Å². The third-order valence-electron chi connectivity index (χ3n) is 6.86. The predicted octanol–water partition coefficient (Wildman–Crippen LogP) is 6.56. The lowest BCUT2D eigenvalue weighted by molar-refractivity contribution is 0.128. The summed E-state index contributed by atoms with van der Waals surface area (Å²) < 4.78 is 14.0. The van der Waals surface area contributed by atoms with Crippen LogP contribution in [0.25, 0.3) is 10.9 Å². The maximum absolute atomic E-state index is 14.0. The smallest absolute Gasteiger partial charge is 0.208 e. The largest absolute Gasteiger partial charge is 0.383 e. The lowest BCUT2D eigenvalue weighted by atomic mass is 9.93. The number of hydrazine groups is 2. The molecule has 0 spiro atoms. The molecule has 1 aromatic carbocycles. The Hall–Kier alpha value is -3.61. The van der Waals surface area contributed by atoms with Crippen molar-refractivity contribution in [2.24, 2.45) is 10.4 Å². The van der Waals surface area contributed by atoms with Crippen LogP contribution in [0, 0.1) is 16.7 Å². The van der Waals surface area contributed by atoms with Crippen molar-refractivity contribution in [3.05, 3.63) is 65.0 Å². The number of fused-ring (bicyclic) bond motifs is 1. The lowest BCUT2D eigenvalue weighted by Crippen LogP contribution is -2.46. The minimum absolute atomic E-state index is 0.0101. The molecule has 2 aromatic rings. The van der Waals surface area contributed by atoms with E-state index < -0.39 is 12.0 Å². The maximum Gasteiger partial charge on any atom is 0.208 e. The molecule has 0 radical (unpaired) electrons. The fourth-order valence-corrected chi connectivity index (χ4v) is 4.62. The van der Waals surface area contributed by atoms with E-state index in [-0.39, 0.29) is 5.41 Å². The Morgan fingerprint density at radius 3 is 2.77 bits per heavy atom. The van der Waals surface area contributed by atoms with E-state index in [0.717, 1.165) is 23.9 Å². The number of aromatic nitrogens is 1. The number of hydrogen-bond acceptors (Lipinski definition) is 8. The van der Waals surface area contributed by atoms with E-state index in [1.165, 1.54) is 12.5 Å². The SMILES string of the molecule is C=C(/C(C)=N\C(F)=C/C)[C@H](Nc1cc(Cl)c2ncc(C#N)c(NCC(C)(C)C)c2c1)C1=CN(C2CCC2)NN1. The lowest BCUT2D eigenvalue weighted by Gasteiger charge is -2.33. The number of rotatable bonds is 9. The second-order valence-corrected chi connectivity index (χ2v) is 11.6. The van der Waals surface area contributed by atoms with Crippen molar-refractivity contribution >= 4 is 39.6 Å². The van der Waals surface area contributed by atoms with Crippen LogP contribution in [-0.2, 0) is 0 Å². The number of nitrogens with zero attached hydrogens (tertiary/aromatic N) is 4. The molecule has 1 fully saturated rings. The van der Waals surface area contributed by atoms with E-state index in [1.54, 1.807) is 26.1 Å². The van der Waals surface area contributed by atoms with Gasteiger partial charge in [-0.1, -0.05) is 39.0 Å². The van der Waals surface area contributed by atoms with Crippen molar-refractivity contribution < 1.29 is 4.39 Å². The first-order chi connectivity index (χ1) is 18.5. The molecule has 10 heteroatoms. The zero-order valence-corrected chi connectivity index (χ0v) is 23.9. The Balaban J connectivity index is 1.75. The second-order valence-electron chi connectivity index (χ2n) is 11.2. The van der Waals surface area contributed by atoms with Gasteiger partial charge in [-0.3, -0.25) is 9.99 Å². The average molecular weight is 551 g/mol. The van der Waals surface area contributed by atoms with Gasteiger partial charge in [-0.15, -0.1) is 5.53 Å². The Morgan fingerprint density at radius 2 is 2.15 bits per heavy atom.